The number of nitrogens with one attached hydrogen (secondary N) is 1. The summed E-state index contributed by atoms with van der Waals surface area (Å²) in [5, 5.41) is 3.46. The lowest BCUT2D eigenvalue weighted by atomic mass is 10.0. The first kappa shape index (κ1) is 15.3. The van der Waals surface area contributed by atoms with E-state index < -0.39 is 0 Å². The SMILES string of the molecule is CCCNCc1cnccc1N(C)CC1CCCOC1. The molecule has 2 rings (SSSR count). The molecule has 1 fully saturated rings. The van der Waals surface area contributed by atoms with Gasteiger partial charge in [-0.3, -0.25) is 4.98 Å². The molecule has 1 aliphatic heterocycles. The Morgan fingerprint density at radius 1 is 1.50 bits per heavy atom. The molecular weight excluding hydrogens is 250 g/mol. The maximum absolute atomic E-state index is 5.58. The van der Waals surface area contributed by atoms with Crippen molar-refractivity contribution in [3.63, 3.8) is 0 Å². The van der Waals surface area contributed by atoms with E-state index in [2.05, 4.69) is 35.2 Å². The molecule has 1 saturated heterocycles. The molecule has 0 spiro atoms. The van der Waals surface area contributed by atoms with Gasteiger partial charge in [0.1, 0.15) is 0 Å². The highest BCUT2D eigenvalue weighted by Gasteiger charge is 2.17. The third-order valence-electron chi connectivity index (χ3n) is 3.82. The lowest BCUT2D eigenvalue weighted by molar-refractivity contribution is 0.0576. The number of ether oxygens (including phenoxy) is 1. The molecule has 1 atom stereocenters. The summed E-state index contributed by atoms with van der Waals surface area (Å²) in [6, 6.07) is 2.12. The Kier molecular flexibility index (Phi) is 6.27. The van der Waals surface area contributed by atoms with E-state index in [1.807, 2.05) is 12.4 Å². The lowest BCUT2D eigenvalue weighted by Crippen LogP contribution is -2.31. The van der Waals surface area contributed by atoms with Gasteiger partial charge in [0.05, 0.1) is 6.61 Å². The summed E-state index contributed by atoms with van der Waals surface area (Å²) < 4.78 is 5.58. The summed E-state index contributed by atoms with van der Waals surface area (Å²) >= 11 is 0. The largest absolute Gasteiger partial charge is 0.381 e. The van der Waals surface area contributed by atoms with Crippen molar-refractivity contribution in [2.75, 3.05) is 38.3 Å². The van der Waals surface area contributed by atoms with E-state index in [1.54, 1.807) is 0 Å². The molecule has 0 aliphatic carbocycles. The topological polar surface area (TPSA) is 37.4 Å². The predicted molar refractivity (Wildman–Crippen MR) is 83.0 cm³/mol. The van der Waals surface area contributed by atoms with Crippen molar-refractivity contribution in [3.05, 3.63) is 24.0 Å². The van der Waals surface area contributed by atoms with Crippen molar-refractivity contribution in [1.29, 1.82) is 0 Å². The standard InChI is InChI=1S/C16H27N3O/c1-3-7-17-10-15-11-18-8-6-16(15)19(2)12-14-5-4-9-20-13-14/h6,8,11,14,17H,3-5,7,9-10,12-13H2,1-2H3. The minimum atomic E-state index is 0.651. The van der Waals surface area contributed by atoms with E-state index in [4.69, 9.17) is 4.74 Å². The van der Waals surface area contributed by atoms with Gasteiger partial charge in [0.15, 0.2) is 0 Å². The fourth-order valence-corrected chi connectivity index (χ4v) is 2.77. The number of rotatable bonds is 7. The van der Waals surface area contributed by atoms with E-state index in [-0.39, 0.29) is 0 Å². The van der Waals surface area contributed by atoms with Crippen molar-refractivity contribution < 1.29 is 4.74 Å². The van der Waals surface area contributed by atoms with Crippen LogP contribution in [0.1, 0.15) is 31.7 Å². The van der Waals surface area contributed by atoms with Crippen LogP contribution in [-0.2, 0) is 11.3 Å². The number of nitrogens with zero attached hydrogens (tertiary/aromatic N) is 2. The fourth-order valence-electron chi connectivity index (χ4n) is 2.77. The maximum atomic E-state index is 5.58. The van der Waals surface area contributed by atoms with Gasteiger partial charge in [-0.25, -0.2) is 0 Å². The number of hydrogen-bond donors (Lipinski definition) is 1. The van der Waals surface area contributed by atoms with Crippen LogP contribution < -0.4 is 10.2 Å². The zero-order chi connectivity index (χ0) is 14.2. The highest BCUT2D eigenvalue weighted by molar-refractivity contribution is 5.51. The summed E-state index contributed by atoms with van der Waals surface area (Å²) in [4.78, 5) is 6.61. The number of hydrogen-bond acceptors (Lipinski definition) is 4. The van der Waals surface area contributed by atoms with Crippen LogP contribution in [0, 0.1) is 5.92 Å². The molecule has 2 heterocycles. The maximum Gasteiger partial charge on any atom is 0.0511 e. The molecule has 0 amide bonds. The third kappa shape index (κ3) is 4.46. The highest BCUT2D eigenvalue weighted by Crippen LogP contribution is 2.22. The molecule has 4 heteroatoms. The summed E-state index contributed by atoms with van der Waals surface area (Å²) in [5.74, 6) is 0.651. The van der Waals surface area contributed by atoms with Crippen molar-refractivity contribution in [2.45, 2.75) is 32.7 Å². The monoisotopic (exact) mass is 277 g/mol. The summed E-state index contributed by atoms with van der Waals surface area (Å²) in [6.45, 7) is 7.02. The molecule has 0 radical (unpaired) electrons. The Balaban J connectivity index is 1.95. The van der Waals surface area contributed by atoms with Gasteiger partial charge in [-0.1, -0.05) is 6.92 Å². The first-order valence-corrected chi connectivity index (χ1v) is 7.73. The molecule has 112 valence electrons. The Bertz CT molecular complexity index is 391. The minimum absolute atomic E-state index is 0.651. The van der Waals surface area contributed by atoms with E-state index in [1.165, 1.54) is 24.1 Å². The quantitative estimate of drug-likeness (QED) is 0.777. The lowest BCUT2D eigenvalue weighted by Gasteiger charge is -2.29. The van der Waals surface area contributed by atoms with Gasteiger partial charge in [0.2, 0.25) is 0 Å². The number of pyridine rings is 1. The molecule has 4 nitrogen and oxygen atoms in total. The zero-order valence-corrected chi connectivity index (χ0v) is 12.8. The van der Waals surface area contributed by atoms with Crippen LogP contribution in [0.3, 0.4) is 0 Å². The molecule has 1 aromatic rings. The number of anilines is 1. The van der Waals surface area contributed by atoms with Crippen molar-refractivity contribution >= 4 is 5.69 Å². The smallest absolute Gasteiger partial charge is 0.0511 e. The van der Waals surface area contributed by atoms with Gasteiger partial charge >= 0.3 is 0 Å². The third-order valence-corrected chi connectivity index (χ3v) is 3.82. The Hall–Kier alpha value is -1.13. The van der Waals surface area contributed by atoms with Crippen LogP contribution in [-0.4, -0.2) is 38.3 Å². The fraction of sp³-hybridized carbons (Fsp3) is 0.688. The van der Waals surface area contributed by atoms with Crippen molar-refractivity contribution in [2.24, 2.45) is 5.92 Å². The zero-order valence-electron chi connectivity index (χ0n) is 12.8. The van der Waals surface area contributed by atoms with Crippen molar-refractivity contribution in [3.8, 4) is 0 Å². The van der Waals surface area contributed by atoms with Crippen LogP contribution >= 0.6 is 0 Å². The van der Waals surface area contributed by atoms with Gasteiger partial charge in [-0.2, -0.15) is 0 Å². The normalized spacial score (nSPS) is 19.0. The average molecular weight is 277 g/mol. The Labute approximate surface area is 122 Å². The molecule has 0 bridgehead atoms. The first-order chi connectivity index (χ1) is 9.81. The first-order valence-electron chi connectivity index (χ1n) is 7.73. The second kappa shape index (κ2) is 8.22. The minimum Gasteiger partial charge on any atom is -0.381 e. The Morgan fingerprint density at radius 2 is 2.40 bits per heavy atom. The van der Waals surface area contributed by atoms with Gasteiger partial charge in [-0.15, -0.1) is 0 Å². The molecule has 0 saturated carbocycles. The highest BCUT2D eigenvalue weighted by atomic mass is 16.5. The van der Waals surface area contributed by atoms with Gasteiger partial charge in [0, 0.05) is 50.4 Å². The van der Waals surface area contributed by atoms with Crippen LogP contribution in [0.2, 0.25) is 0 Å². The van der Waals surface area contributed by atoms with Crippen LogP contribution in [0.25, 0.3) is 0 Å². The van der Waals surface area contributed by atoms with Gasteiger partial charge < -0.3 is 15.0 Å². The van der Waals surface area contributed by atoms with Gasteiger partial charge in [0.25, 0.3) is 0 Å². The predicted octanol–water partition coefficient (Wildman–Crippen LogP) is 2.44. The van der Waals surface area contributed by atoms with E-state index in [0.29, 0.717) is 5.92 Å². The summed E-state index contributed by atoms with van der Waals surface area (Å²) in [7, 11) is 2.17. The molecular formula is C16H27N3O. The van der Waals surface area contributed by atoms with E-state index in [0.717, 1.165) is 39.3 Å². The molecule has 20 heavy (non-hydrogen) atoms. The molecule has 1 aliphatic rings. The second-order valence-corrected chi connectivity index (χ2v) is 5.64. The van der Waals surface area contributed by atoms with Crippen LogP contribution in [0.5, 0.6) is 0 Å². The number of aromatic nitrogens is 1. The molecule has 1 aromatic heterocycles. The van der Waals surface area contributed by atoms with Crippen LogP contribution in [0.15, 0.2) is 18.5 Å². The molecule has 1 N–H and O–H groups in total. The van der Waals surface area contributed by atoms with E-state index >= 15 is 0 Å². The van der Waals surface area contributed by atoms with E-state index in [9.17, 15) is 0 Å². The van der Waals surface area contributed by atoms with Crippen LogP contribution in [0.4, 0.5) is 5.69 Å². The average Bonchev–Trinajstić information content (AvgIpc) is 2.49. The summed E-state index contributed by atoms with van der Waals surface area (Å²) in [5.41, 5.74) is 2.56. The second-order valence-electron chi connectivity index (χ2n) is 5.64. The summed E-state index contributed by atoms with van der Waals surface area (Å²) in [6.07, 6.45) is 7.49. The van der Waals surface area contributed by atoms with Gasteiger partial charge in [-0.05, 0) is 37.8 Å². The molecule has 1 unspecified atom stereocenters. The van der Waals surface area contributed by atoms with Crippen molar-refractivity contribution in [1.82, 2.24) is 10.3 Å². The molecule has 0 aromatic carbocycles. The Morgan fingerprint density at radius 3 is 3.15 bits per heavy atom.